The van der Waals surface area contributed by atoms with Crippen molar-refractivity contribution in [2.24, 2.45) is 0 Å². The minimum absolute atomic E-state index is 0.320. The molecular formula is C15H9F3N4O. The van der Waals surface area contributed by atoms with Crippen LogP contribution in [0.3, 0.4) is 0 Å². The summed E-state index contributed by atoms with van der Waals surface area (Å²) in [5.74, 6) is -1.22. The number of rotatable bonds is 3. The van der Waals surface area contributed by atoms with Crippen molar-refractivity contribution in [3.63, 3.8) is 0 Å². The van der Waals surface area contributed by atoms with Gasteiger partial charge in [-0.1, -0.05) is 12.1 Å². The first-order valence-electron chi connectivity index (χ1n) is 6.47. The summed E-state index contributed by atoms with van der Waals surface area (Å²) < 4.78 is 37.5. The molecule has 0 aliphatic carbocycles. The van der Waals surface area contributed by atoms with Crippen LogP contribution in [-0.2, 0) is 6.18 Å². The molecule has 2 heterocycles. The van der Waals surface area contributed by atoms with E-state index in [1.54, 1.807) is 30.5 Å². The van der Waals surface area contributed by atoms with Gasteiger partial charge in [-0.15, -0.1) is 0 Å². The first-order valence-corrected chi connectivity index (χ1v) is 6.47. The first-order chi connectivity index (χ1) is 11.0. The SMILES string of the molecule is O=Cc1cc(-c2ccn[nH]2)ccc1-c1cnc(C(F)(F)F)nc1. The highest BCUT2D eigenvalue weighted by molar-refractivity contribution is 5.89. The van der Waals surface area contributed by atoms with Gasteiger partial charge in [-0.3, -0.25) is 9.89 Å². The van der Waals surface area contributed by atoms with E-state index < -0.39 is 12.0 Å². The average molecular weight is 318 g/mol. The molecule has 1 aromatic carbocycles. The lowest BCUT2D eigenvalue weighted by atomic mass is 9.99. The van der Waals surface area contributed by atoms with Crippen LogP contribution in [0.15, 0.2) is 42.9 Å². The number of carbonyl (C=O) groups excluding carboxylic acids is 1. The summed E-state index contributed by atoms with van der Waals surface area (Å²) in [4.78, 5) is 17.9. The molecule has 0 aliphatic rings. The van der Waals surface area contributed by atoms with Gasteiger partial charge in [0.15, 0.2) is 6.29 Å². The Bertz CT molecular complexity index is 827. The van der Waals surface area contributed by atoms with E-state index in [0.717, 1.165) is 23.7 Å². The highest BCUT2D eigenvalue weighted by Gasteiger charge is 2.34. The van der Waals surface area contributed by atoms with E-state index in [9.17, 15) is 18.0 Å². The second kappa shape index (κ2) is 5.64. The molecule has 1 N–H and O–H groups in total. The highest BCUT2D eigenvalue weighted by Crippen LogP contribution is 2.29. The quantitative estimate of drug-likeness (QED) is 0.752. The minimum atomic E-state index is -4.60. The third kappa shape index (κ3) is 2.96. The standard InChI is InChI=1S/C15H9F3N4O/c16-15(17,18)14-19-6-11(7-20-14)12-2-1-9(5-10(12)8-23)13-3-4-21-22-13/h1-8H,(H,21,22). The number of aldehydes is 1. The number of hydrogen-bond acceptors (Lipinski definition) is 4. The Kier molecular flexibility index (Phi) is 3.65. The number of hydrogen-bond donors (Lipinski definition) is 1. The van der Waals surface area contributed by atoms with Crippen LogP contribution in [0.5, 0.6) is 0 Å². The minimum Gasteiger partial charge on any atom is -0.298 e. The predicted molar refractivity (Wildman–Crippen MR) is 75.4 cm³/mol. The van der Waals surface area contributed by atoms with E-state index in [4.69, 9.17) is 0 Å². The fourth-order valence-electron chi connectivity index (χ4n) is 2.12. The zero-order valence-electron chi connectivity index (χ0n) is 11.5. The topological polar surface area (TPSA) is 71.5 Å². The summed E-state index contributed by atoms with van der Waals surface area (Å²) in [6.45, 7) is 0. The van der Waals surface area contributed by atoms with Gasteiger partial charge in [0.25, 0.3) is 0 Å². The number of aromatic nitrogens is 4. The van der Waals surface area contributed by atoms with Gasteiger partial charge >= 0.3 is 6.18 Å². The van der Waals surface area contributed by atoms with Gasteiger partial charge in [-0.05, 0) is 17.7 Å². The first kappa shape index (κ1) is 14.9. The fourth-order valence-corrected chi connectivity index (χ4v) is 2.12. The van der Waals surface area contributed by atoms with Crippen molar-refractivity contribution in [1.29, 1.82) is 0 Å². The maximum atomic E-state index is 12.5. The van der Waals surface area contributed by atoms with Gasteiger partial charge < -0.3 is 0 Å². The van der Waals surface area contributed by atoms with Gasteiger partial charge in [0.1, 0.15) is 0 Å². The Morgan fingerprint density at radius 3 is 2.35 bits per heavy atom. The van der Waals surface area contributed by atoms with Gasteiger partial charge in [0, 0.05) is 35.3 Å². The third-order valence-corrected chi connectivity index (χ3v) is 3.21. The second-order valence-corrected chi connectivity index (χ2v) is 4.68. The number of alkyl halides is 3. The molecule has 0 unspecified atom stereocenters. The number of halogens is 3. The molecule has 3 aromatic rings. The van der Waals surface area contributed by atoms with Crippen molar-refractivity contribution >= 4 is 6.29 Å². The smallest absolute Gasteiger partial charge is 0.298 e. The van der Waals surface area contributed by atoms with Crippen molar-refractivity contribution in [3.05, 3.63) is 54.2 Å². The number of nitrogens with one attached hydrogen (secondary N) is 1. The number of aromatic amines is 1. The Morgan fingerprint density at radius 1 is 1.04 bits per heavy atom. The molecule has 0 bridgehead atoms. The molecule has 3 rings (SSSR count). The van der Waals surface area contributed by atoms with E-state index in [2.05, 4.69) is 20.2 Å². The van der Waals surface area contributed by atoms with Gasteiger partial charge in [-0.25, -0.2) is 9.97 Å². The number of carbonyl (C=O) groups is 1. The van der Waals surface area contributed by atoms with Crippen molar-refractivity contribution in [2.45, 2.75) is 6.18 Å². The second-order valence-electron chi connectivity index (χ2n) is 4.68. The predicted octanol–water partition coefficient (Wildman–Crippen LogP) is 3.37. The van der Waals surface area contributed by atoms with Crippen molar-refractivity contribution < 1.29 is 18.0 Å². The molecule has 8 heteroatoms. The molecule has 5 nitrogen and oxygen atoms in total. The zero-order valence-corrected chi connectivity index (χ0v) is 11.5. The lowest BCUT2D eigenvalue weighted by Crippen LogP contribution is -2.10. The zero-order chi connectivity index (χ0) is 16.4. The molecule has 23 heavy (non-hydrogen) atoms. The fraction of sp³-hybridized carbons (Fsp3) is 0.0667. The van der Waals surface area contributed by atoms with Crippen LogP contribution >= 0.6 is 0 Å². The highest BCUT2D eigenvalue weighted by atomic mass is 19.4. The normalized spacial score (nSPS) is 11.4. The van der Waals surface area contributed by atoms with E-state index >= 15 is 0 Å². The molecule has 0 atom stereocenters. The van der Waals surface area contributed by atoms with Crippen LogP contribution in [-0.4, -0.2) is 26.5 Å². The van der Waals surface area contributed by atoms with E-state index in [1.165, 1.54) is 0 Å². The van der Waals surface area contributed by atoms with Crippen LogP contribution in [0.25, 0.3) is 22.4 Å². The molecule has 2 aromatic heterocycles. The summed E-state index contributed by atoms with van der Waals surface area (Å²) in [6, 6.07) is 6.72. The van der Waals surface area contributed by atoms with Gasteiger partial charge in [-0.2, -0.15) is 18.3 Å². The van der Waals surface area contributed by atoms with Crippen LogP contribution in [0.1, 0.15) is 16.2 Å². The summed E-state index contributed by atoms with van der Waals surface area (Å²) in [5, 5.41) is 6.60. The molecule has 0 spiro atoms. The molecule has 0 aliphatic heterocycles. The maximum Gasteiger partial charge on any atom is 0.451 e. The summed E-state index contributed by atoms with van der Waals surface area (Å²) in [6.07, 6.45) is -0.293. The lowest BCUT2D eigenvalue weighted by molar-refractivity contribution is -0.144. The summed E-state index contributed by atoms with van der Waals surface area (Å²) in [7, 11) is 0. The number of benzene rings is 1. The largest absolute Gasteiger partial charge is 0.451 e. The summed E-state index contributed by atoms with van der Waals surface area (Å²) >= 11 is 0. The number of nitrogens with zero attached hydrogens (tertiary/aromatic N) is 3. The molecule has 0 radical (unpaired) electrons. The van der Waals surface area contributed by atoms with E-state index in [0.29, 0.717) is 23.0 Å². The Morgan fingerprint density at radius 2 is 1.78 bits per heavy atom. The Labute approximate surface area is 128 Å². The summed E-state index contributed by atoms with van der Waals surface area (Å²) in [5.41, 5.74) is 2.57. The van der Waals surface area contributed by atoms with E-state index in [1.807, 2.05) is 0 Å². The van der Waals surface area contributed by atoms with Gasteiger partial charge in [0.2, 0.25) is 5.82 Å². The van der Waals surface area contributed by atoms with Crippen molar-refractivity contribution in [1.82, 2.24) is 20.2 Å². The van der Waals surface area contributed by atoms with Crippen LogP contribution in [0.2, 0.25) is 0 Å². The number of H-pyrrole nitrogens is 1. The third-order valence-electron chi connectivity index (χ3n) is 3.21. The monoisotopic (exact) mass is 318 g/mol. The molecular weight excluding hydrogens is 309 g/mol. The molecule has 0 saturated heterocycles. The van der Waals surface area contributed by atoms with Crippen molar-refractivity contribution in [2.75, 3.05) is 0 Å². The maximum absolute atomic E-state index is 12.5. The van der Waals surface area contributed by atoms with Crippen LogP contribution < -0.4 is 0 Å². The lowest BCUT2D eigenvalue weighted by Gasteiger charge is -2.08. The molecule has 0 saturated carbocycles. The molecule has 0 amide bonds. The Balaban J connectivity index is 2.01. The Hall–Kier alpha value is -3.03. The average Bonchev–Trinajstić information content (AvgIpc) is 3.08. The van der Waals surface area contributed by atoms with E-state index in [-0.39, 0.29) is 0 Å². The van der Waals surface area contributed by atoms with Crippen LogP contribution in [0.4, 0.5) is 13.2 Å². The molecule has 0 fully saturated rings. The van der Waals surface area contributed by atoms with Crippen LogP contribution in [0, 0.1) is 0 Å². The van der Waals surface area contributed by atoms with Crippen molar-refractivity contribution in [3.8, 4) is 22.4 Å². The molecule has 116 valence electrons. The van der Waals surface area contributed by atoms with Gasteiger partial charge in [0.05, 0.1) is 5.69 Å².